The van der Waals surface area contributed by atoms with Gasteiger partial charge in [-0.2, -0.15) is 0 Å². The number of methoxy groups -OCH3 is 1. The number of amides is 1. The highest BCUT2D eigenvalue weighted by Crippen LogP contribution is 2.29. The zero-order valence-corrected chi connectivity index (χ0v) is 20.8. The maximum atomic E-state index is 12.9. The Morgan fingerprint density at radius 1 is 1.03 bits per heavy atom. The van der Waals surface area contributed by atoms with Crippen molar-refractivity contribution in [3.05, 3.63) is 48.3 Å². The molecule has 1 aromatic carbocycles. The van der Waals surface area contributed by atoms with E-state index < -0.39 is 42.9 Å². The normalized spacial score (nSPS) is 13.2. The van der Waals surface area contributed by atoms with Crippen molar-refractivity contribution >= 4 is 17.8 Å². The monoisotopic (exact) mass is 488 g/mol. The van der Waals surface area contributed by atoms with Crippen LogP contribution in [0.4, 0.5) is 0 Å². The highest BCUT2D eigenvalue weighted by Gasteiger charge is 2.30. The quantitative estimate of drug-likeness (QED) is 0.355. The summed E-state index contributed by atoms with van der Waals surface area (Å²) >= 11 is 0. The van der Waals surface area contributed by atoms with E-state index in [1.165, 1.54) is 33.2 Å². The van der Waals surface area contributed by atoms with Crippen LogP contribution in [0.25, 0.3) is 0 Å². The Morgan fingerprint density at radius 2 is 1.71 bits per heavy atom. The molecule has 0 saturated carbocycles. The molecule has 1 N–H and O–H groups in total. The van der Waals surface area contributed by atoms with Crippen molar-refractivity contribution in [3.63, 3.8) is 0 Å². The molecule has 1 amide bonds. The van der Waals surface area contributed by atoms with Gasteiger partial charge in [0.15, 0.2) is 17.2 Å². The SMILES string of the molecule is COc1ccnc(C(=O)N[C@@H](C)C(=O)O[C@@H](C(C)C)[C@@H](C)Oc2ccccc2)c1OCOC(C)=O. The van der Waals surface area contributed by atoms with Crippen molar-refractivity contribution in [2.75, 3.05) is 13.9 Å². The predicted molar refractivity (Wildman–Crippen MR) is 126 cm³/mol. The lowest BCUT2D eigenvalue weighted by Crippen LogP contribution is -2.45. The average Bonchev–Trinajstić information content (AvgIpc) is 2.82. The second-order valence-electron chi connectivity index (χ2n) is 8.07. The highest BCUT2D eigenvalue weighted by molar-refractivity contribution is 5.98. The van der Waals surface area contributed by atoms with Gasteiger partial charge in [-0.05, 0) is 31.9 Å². The van der Waals surface area contributed by atoms with Crippen LogP contribution in [0.5, 0.6) is 17.2 Å². The molecule has 0 aliphatic heterocycles. The van der Waals surface area contributed by atoms with Gasteiger partial charge in [-0.3, -0.25) is 9.59 Å². The molecule has 0 aliphatic rings. The minimum absolute atomic E-state index is 0.0285. The van der Waals surface area contributed by atoms with Crippen LogP contribution < -0.4 is 19.5 Å². The number of hydrogen-bond acceptors (Lipinski definition) is 9. The molecule has 1 aromatic heterocycles. The lowest BCUT2D eigenvalue weighted by Gasteiger charge is -2.29. The van der Waals surface area contributed by atoms with E-state index in [0.717, 1.165) is 0 Å². The molecular formula is C25H32N2O8. The molecule has 190 valence electrons. The van der Waals surface area contributed by atoms with Gasteiger partial charge in [0.1, 0.15) is 24.0 Å². The molecule has 0 spiro atoms. The summed E-state index contributed by atoms with van der Waals surface area (Å²) in [4.78, 5) is 40.8. The fourth-order valence-corrected chi connectivity index (χ4v) is 3.18. The van der Waals surface area contributed by atoms with Gasteiger partial charge in [0, 0.05) is 19.2 Å². The number of nitrogens with one attached hydrogen (secondary N) is 1. The summed E-state index contributed by atoms with van der Waals surface area (Å²) in [7, 11) is 1.39. The molecule has 3 atom stereocenters. The summed E-state index contributed by atoms with van der Waals surface area (Å²) in [6, 6.07) is 9.72. The van der Waals surface area contributed by atoms with Crippen LogP contribution in [-0.2, 0) is 19.1 Å². The Hall–Kier alpha value is -3.82. The van der Waals surface area contributed by atoms with Crippen LogP contribution >= 0.6 is 0 Å². The van der Waals surface area contributed by atoms with Gasteiger partial charge in [-0.25, -0.2) is 9.78 Å². The molecule has 0 unspecified atom stereocenters. The van der Waals surface area contributed by atoms with Crippen LogP contribution in [0.3, 0.4) is 0 Å². The molecule has 0 aliphatic carbocycles. The fraction of sp³-hybridized carbons (Fsp3) is 0.440. The number of esters is 2. The second-order valence-corrected chi connectivity index (χ2v) is 8.07. The molecule has 0 bridgehead atoms. The van der Waals surface area contributed by atoms with E-state index in [-0.39, 0.29) is 23.1 Å². The van der Waals surface area contributed by atoms with Crippen molar-refractivity contribution < 1.29 is 38.1 Å². The van der Waals surface area contributed by atoms with E-state index in [0.29, 0.717) is 5.75 Å². The maximum Gasteiger partial charge on any atom is 0.328 e. The lowest BCUT2D eigenvalue weighted by molar-refractivity contribution is -0.158. The first kappa shape index (κ1) is 27.4. The minimum atomic E-state index is -0.998. The third-order valence-electron chi connectivity index (χ3n) is 4.91. The van der Waals surface area contributed by atoms with Crippen LogP contribution in [0.1, 0.15) is 45.1 Å². The number of benzene rings is 1. The fourth-order valence-electron chi connectivity index (χ4n) is 3.18. The van der Waals surface area contributed by atoms with Gasteiger partial charge in [0.05, 0.1) is 7.11 Å². The summed E-state index contributed by atoms with van der Waals surface area (Å²) < 4.78 is 27.0. The largest absolute Gasteiger partial charge is 0.493 e. The maximum absolute atomic E-state index is 12.9. The third kappa shape index (κ3) is 8.16. The molecule has 0 saturated heterocycles. The summed E-state index contributed by atoms with van der Waals surface area (Å²) in [5, 5.41) is 2.56. The van der Waals surface area contributed by atoms with Crippen molar-refractivity contribution in [2.45, 2.75) is 52.9 Å². The topological polar surface area (TPSA) is 122 Å². The van der Waals surface area contributed by atoms with E-state index in [1.54, 1.807) is 0 Å². The first-order valence-corrected chi connectivity index (χ1v) is 11.2. The Kier molecular flexibility index (Phi) is 10.3. The van der Waals surface area contributed by atoms with Crippen LogP contribution in [0.15, 0.2) is 42.6 Å². The summed E-state index contributed by atoms with van der Waals surface area (Å²) in [6.07, 6.45) is 0.373. The number of aromatic nitrogens is 1. The van der Waals surface area contributed by atoms with Gasteiger partial charge in [0.2, 0.25) is 6.79 Å². The third-order valence-corrected chi connectivity index (χ3v) is 4.91. The second kappa shape index (κ2) is 13.2. The molecule has 0 fully saturated rings. The van der Waals surface area contributed by atoms with E-state index in [1.807, 2.05) is 51.1 Å². The molecule has 35 heavy (non-hydrogen) atoms. The highest BCUT2D eigenvalue weighted by atomic mass is 16.7. The van der Waals surface area contributed by atoms with E-state index in [9.17, 15) is 14.4 Å². The average molecular weight is 489 g/mol. The molecular weight excluding hydrogens is 456 g/mol. The molecule has 2 rings (SSSR count). The van der Waals surface area contributed by atoms with Gasteiger partial charge in [-0.15, -0.1) is 0 Å². The van der Waals surface area contributed by atoms with Gasteiger partial charge in [-0.1, -0.05) is 32.0 Å². The number of pyridine rings is 1. The van der Waals surface area contributed by atoms with Crippen LogP contribution in [0, 0.1) is 5.92 Å². The van der Waals surface area contributed by atoms with Gasteiger partial charge < -0.3 is 29.0 Å². The molecule has 2 aromatic rings. The van der Waals surface area contributed by atoms with Gasteiger partial charge >= 0.3 is 11.9 Å². The van der Waals surface area contributed by atoms with E-state index in [4.69, 9.17) is 23.7 Å². The lowest BCUT2D eigenvalue weighted by atomic mass is 10.0. The standard InChI is InChI=1S/C25H32N2O8/c1-15(2)22(17(4)34-19-10-8-7-9-11-19)35-25(30)16(3)27-24(29)21-23(33-14-32-18(5)28)20(31-6)12-13-26-21/h7-13,15-17,22H,14H2,1-6H3,(H,27,29)/t16-,17+,22-/m0/s1. The zero-order chi connectivity index (χ0) is 26.0. The first-order valence-electron chi connectivity index (χ1n) is 11.2. The Labute approximate surface area is 204 Å². The van der Waals surface area contributed by atoms with E-state index >= 15 is 0 Å². The van der Waals surface area contributed by atoms with E-state index in [2.05, 4.69) is 10.3 Å². The molecule has 0 radical (unpaired) electrons. The molecule has 10 nitrogen and oxygen atoms in total. The van der Waals surface area contributed by atoms with Crippen molar-refractivity contribution in [1.29, 1.82) is 0 Å². The Balaban J connectivity index is 2.08. The molecule has 10 heteroatoms. The zero-order valence-electron chi connectivity index (χ0n) is 20.8. The van der Waals surface area contributed by atoms with Crippen molar-refractivity contribution in [1.82, 2.24) is 10.3 Å². The van der Waals surface area contributed by atoms with Gasteiger partial charge in [0.25, 0.3) is 5.91 Å². The summed E-state index contributed by atoms with van der Waals surface area (Å²) in [6.45, 7) is 7.93. The number of ether oxygens (including phenoxy) is 5. The van der Waals surface area contributed by atoms with Crippen molar-refractivity contribution in [2.24, 2.45) is 5.92 Å². The Morgan fingerprint density at radius 3 is 2.31 bits per heavy atom. The predicted octanol–water partition coefficient (Wildman–Crippen LogP) is 3.14. The van der Waals surface area contributed by atoms with Crippen LogP contribution in [-0.4, -0.2) is 55.0 Å². The smallest absolute Gasteiger partial charge is 0.328 e. The van der Waals surface area contributed by atoms with Crippen LogP contribution in [0.2, 0.25) is 0 Å². The number of nitrogens with zero attached hydrogens (tertiary/aromatic N) is 1. The summed E-state index contributed by atoms with van der Waals surface area (Å²) in [5.41, 5.74) is -0.141. The molecule has 1 heterocycles. The summed E-state index contributed by atoms with van der Waals surface area (Å²) in [5.74, 6) is -1.08. The number of para-hydroxylation sites is 1. The first-order chi connectivity index (χ1) is 16.6. The Bertz CT molecular complexity index is 996. The number of carbonyl (C=O) groups is 3. The number of rotatable bonds is 12. The van der Waals surface area contributed by atoms with Crippen molar-refractivity contribution in [3.8, 4) is 17.2 Å². The number of carbonyl (C=O) groups excluding carboxylic acids is 3. The number of hydrogen-bond donors (Lipinski definition) is 1. The minimum Gasteiger partial charge on any atom is -0.493 e.